The second-order valence-corrected chi connectivity index (χ2v) is 6.24. The predicted octanol–water partition coefficient (Wildman–Crippen LogP) is 3.71. The fraction of sp³-hybridized carbons (Fsp3) is 0.333. The zero-order valence-electron chi connectivity index (χ0n) is 13.2. The van der Waals surface area contributed by atoms with Crippen molar-refractivity contribution in [2.45, 2.75) is 13.1 Å². The molecule has 110 valence electrons. The molecule has 0 saturated carbocycles. The van der Waals surface area contributed by atoms with Crippen LogP contribution in [-0.4, -0.2) is 38.0 Å². The Morgan fingerprint density at radius 3 is 2.00 bits per heavy atom. The van der Waals surface area contributed by atoms with Gasteiger partial charge in [-0.15, -0.1) is 0 Å². The van der Waals surface area contributed by atoms with Crippen LogP contribution in [0.25, 0.3) is 21.9 Å². The maximum Gasteiger partial charge on any atom is 0.135 e. The molecule has 3 nitrogen and oxygen atoms in total. The van der Waals surface area contributed by atoms with Gasteiger partial charge in [-0.3, -0.25) is 0 Å². The first-order valence-electron chi connectivity index (χ1n) is 7.26. The van der Waals surface area contributed by atoms with E-state index in [1.54, 1.807) is 0 Å². The van der Waals surface area contributed by atoms with Crippen molar-refractivity contribution >= 4 is 21.9 Å². The standard InChI is InChI=1S/C18H22N2O/c1-19(2)11-13-6-8-17-16(9-13)15-7-5-14(12-20(3)4)10-18(15)21-17/h5-10H,11-12H2,1-4H3. The Balaban J connectivity index is 2.07. The van der Waals surface area contributed by atoms with Crippen LogP contribution in [0.1, 0.15) is 11.1 Å². The second-order valence-electron chi connectivity index (χ2n) is 6.24. The molecule has 3 aromatic rings. The summed E-state index contributed by atoms with van der Waals surface area (Å²) < 4.78 is 6.00. The van der Waals surface area contributed by atoms with Crippen LogP contribution in [0.2, 0.25) is 0 Å². The molecule has 2 aromatic carbocycles. The van der Waals surface area contributed by atoms with Gasteiger partial charge in [0.1, 0.15) is 11.2 Å². The molecule has 0 radical (unpaired) electrons. The number of benzene rings is 2. The Morgan fingerprint density at radius 2 is 1.33 bits per heavy atom. The molecule has 3 rings (SSSR count). The lowest BCUT2D eigenvalue weighted by Crippen LogP contribution is -2.10. The minimum Gasteiger partial charge on any atom is -0.456 e. The van der Waals surface area contributed by atoms with Crippen molar-refractivity contribution in [1.82, 2.24) is 9.80 Å². The average Bonchev–Trinajstić information content (AvgIpc) is 2.74. The number of hydrogen-bond acceptors (Lipinski definition) is 3. The topological polar surface area (TPSA) is 19.6 Å². The van der Waals surface area contributed by atoms with E-state index >= 15 is 0 Å². The molecule has 0 amide bonds. The summed E-state index contributed by atoms with van der Waals surface area (Å²) in [4.78, 5) is 4.34. The number of nitrogens with zero attached hydrogens (tertiary/aromatic N) is 2. The molecular weight excluding hydrogens is 260 g/mol. The van der Waals surface area contributed by atoms with Crippen LogP contribution in [0.3, 0.4) is 0 Å². The highest BCUT2D eigenvalue weighted by Crippen LogP contribution is 2.30. The lowest BCUT2D eigenvalue weighted by Gasteiger charge is -2.09. The van der Waals surface area contributed by atoms with Crippen LogP contribution in [-0.2, 0) is 13.1 Å². The van der Waals surface area contributed by atoms with Gasteiger partial charge in [0.05, 0.1) is 0 Å². The lowest BCUT2D eigenvalue weighted by atomic mass is 10.1. The zero-order chi connectivity index (χ0) is 15.0. The first kappa shape index (κ1) is 14.1. The van der Waals surface area contributed by atoms with Gasteiger partial charge in [0.2, 0.25) is 0 Å². The molecule has 0 spiro atoms. The minimum absolute atomic E-state index is 0.929. The van der Waals surface area contributed by atoms with Crippen molar-refractivity contribution in [2.75, 3.05) is 28.2 Å². The van der Waals surface area contributed by atoms with E-state index in [0.29, 0.717) is 0 Å². The number of furan rings is 1. The van der Waals surface area contributed by atoms with Gasteiger partial charge in [-0.05, 0) is 57.5 Å². The van der Waals surface area contributed by atoms with Gasteiger partial charge in [-0.1, -0.05) is 18.2 Å². The highest BCUT2D eigenvalue weighted by Gasteiger charge is 2.09. The predicted molar refractivity (Wildman–Crippen MR) is 88.5 cm³/mol. The van der Waals surface area contributed by atoms with E-state index in [9.17, 15) is 0 Å². The van der Waals surface area contributed by atoms with Crippen molar-refractivity contribution in [3.05, 3.63) is 47.5 Å². The summed E-state index contributed by atoms with van der Waals surface area (Å²) in [7, 11) is 8.34. The molecule has 0 N–H and O–H groups in total. The highest BCUT2D eigenvalue weighted by atomic mass is 16.3. The van der Waals surface area contributed by atoms with Gasteiger partial charge in [-0.25, -0.2) is 0 Å². The second kappa shape index (κ2) is 5.51. The molecule has 0 atom stereocenters. The summed E-state index contributed by atoms with van der Waals surface area (Å²) in [5, 5.41) is 2.41. The van der Waals surface area contributed by atoms with Gasteiger partial charge in [0.15, 0.2) is 0 Å². The smallest absolute Gasteiger partial charge is 0.135 e. The Bertz CT molecular complexity index is 771. The van der Waals surface area contributed by atoms with E-state index in [4.69, 9.17) is 4.42 Å². The number of rotatable bonds is 4. The summed E-state index contributed by atoms with van der Waals surface area (Å²) in [6, 6.07) is 13.0. The first-order chi connectivity index (χ1) is 10.0. The average molecular weight is 282 g/mol. The molecule has 1 heterocycles. The van der Waals surface area contributed by atoms with E-state index in [0.717, 1.165) is 24.3 Å². The van der Waals surface area contributed by atoms with Crippen molar-refractivity contribution < 1.29 is 4.42 Å². The molecule has 0 saturated heterocycles. The maximum absolute atomic E-state index is 6.00. The van der Waals surface area contributed by atoms with E-state index in [-0.39, 0.29) is 0 Å². The molecule has 0 fully saturated rings. The van der Waals surface area contributed by atoms with Gasteiger partial charge in [0, 0.05) is 23.9 Å². The minimum atomic E-state index is 0.929. The summed E-state index contributed by atoms with van der Waals surface area (Å²) >= 11 is 0. The summed E-state index contributed by atoms with van der Waals surface area (Å²) in [5.74, 6) is 0. The van der Waals surface area contributed by atoms with Gasteiger partial charge >= 0.3 is 0 Å². The van der Waals surface area contributed by atoms with Crippen molar-refractivity contribution in [2.24, 2.45) is 0 Å². The highest BCUT2D eigenvalue weighted by molar-refractivity contribution is 6.05. The molecule has 0 bridgehead atoms. The normalized spacial score (nSPS) is 12.1. The van der Waals surface area contributed by atoms with E-state index < -0.39 is 0 Å². The van der Waals surface area contributed by atoms with E-state index in [1.807, 2.05) is 0 Å². The molecule has 21 heavy (non-hydrogen) atoms. The van der Waals surface area contributed by atoms with Crippen LogP contribution in [0, 0.1) is 0 Å². The summed E-state index contributed by atoms with van der Waals surface area (Å²) in [6.45, 7) is 1.88. The number of fused-ring (bicyclic) bond motifs is 3. The number of hydrogen-bond donors (Lipinski definition) is 0. The SMILES string of the molecule is CN(C)Cc1ccc2c(c1)oc1ccc(CN(C)C)cc12. The third kappa shape index (κ3) is 2.94. The van der Waals surface area contributed by atoms with Gasteiger partial charge < -0.3 is 14.2 Å². The summed E-state index contributed by atoms with van der Waals surface area (Å²) in [6.07, 6.45) is 0. The Labute approximate surface area is 125 Å². The molecule has 0 unspecified atom stereocenters. The quantitative estimate of drug-likeness (QED) is 0.727. The van der Waals surface area contributed by atoms with Crippen molar-refractivity contribution in [3.63, 3.8) is 0 Å². The van der Waals surface area contributed by atoms with Crippen molar-refractivity contribution in [3.8, 4) is 0 Å². The van der Waals surface area contributed by atoms with Crippen molar-refractivity contribution in [1.29, 1.82) is 0 Å². The van der Waals surface area contributed by atoms with Crippen LogP contribution >= 0.6 is 0 Å². The fourth-order valence-electron chi connectivity index (χ4n) is 2.80. The molecule has 0 aliphatic heterocycles. The molecule has 1 aromatic heterocycles. The largest absolute Gasteiger partial charge is 0.456 e. The monoisotopic (exact) mass is 282 g/mol. The van der Waals surface area contributed by atoms with Crippen LogP contribution in [0.15, 0.2) is 40.8 Å². The third-order valence-electron chi connectivity index (χ3n) is 3.60. The zero-order valence-corrected chi connectivity index (χ0v) is 13.2. The van der Waals surface area contributed by atoms with Crippen LogP contribution in [0.4, 0.5) is 0 Å². The Kier molecular flexibility index (Phi) is 3.70. The first-order valence-corrected chi connectivity index (χ1v) is 7.26. The fourth-order valence-corrected chi connectivity index (χ4v) is 2.80. The molecular formula is C18H22N2O. The summed E-state index contributed by atoms with van der Waals surface area (Å²) in [5.41, 5.74) is 4.54. The van der Waals surface area contributed by atoms with Crippen LogP contribution in [0.5, 0.6) is 0 Å². The maximum atomic E-state index is 6.00. The van der Waals surface area contributed by atoms with E-state index in [2.05, 4.69) is 74.4 Å². The third-order valence-corrected chi connectivity index (χ3v) is 3.60. The van der Waals surface area contributed by atoms with E-state index in [1.165, 1.54) is 21.9 Å². The van der Waals surface area contributed by atoms with Crippen LogP contribution < -0.4 is 0 Å². The molecule has 0 aliphatic carbocycles. The van der Waals surface area contributed by atoms with Gasteiger partial charge in [0.25, 0.3) is 0 Å². The van der Waals surface area contributed by atoms with Gasteiger partial charge in [-0.2, -0.15) is 0 Å². The lowest BCUT2D eigenvalue weighted by molar-refractivity contribution is 0.402. The Hall–Kier alpha value is -1.84. The molecule has 0 aliphatic rings. The molecule has 3 heteroatoms. The Morgan fingerprint density at radius 1 is 0.714 bits per heavy atom.